The third-order valence-electron chi connectivity index (χ3n) is 6.97. The van der Waals surface area contributed by atoms with Gasteiger partial charge in [0.25, 0.3) is 11.8 Å². The Morgan fingerprint density at radius 2 is 1.78 bits per heavy atom. The van der Waals surface area contributed by atoms with E-state index in [0.717, 1.165) is 11.1 Å². The van der Waals surface area contributed by atoms with Crippen molar-refractivity contribution >= 4 is 40.1 Å². The van der Waals surface area contributed by atoms with Crippen LogP contribution in [0.1, 0.15) is 32.8 Å². The van der Waals surface area contributed by atoms with E-state index in [1.165, 1.54) is 11.0 Å². The highest BCUT2D eigenvalue weighted by atomic mass is 35.5. The minimum atomic E-state index is -1.67. The molecule has 0 radical (unpaired) electrons. The van der Waals surface area contributed by atoms with Crippen molar-refractivity contribution in [2.45, 2.75) is 19.0 Å². The molecule has 4 aromatic rings. The van der Waals surface area contributed by atoms with Crippen molar-refractivity contribution in [3.63, 3.8) is 0 Å². The second-order valence-corrected chi connectivity index (χ2v) is 9.52. The van der Waals surface area contributed by atoms with E-state index in [-0.39, 0.29) is 35.4 Å². The third kappa shape index (κ3) is 2.88. The zero-order valence-corrected chi connectivity index (χ0v) is 20.2. The van der Waals surface area contributed by atoms with Crippen LogP contribution >= 0.6 is 11.6 Å². The van der Waals surface area contributed by atoms with E-state index in [4.69, 9.17) is 16.0 Å². The fraction of sp³-hybridized carbons (Fsp3) is 0.138. The standard InChI is InChI=1S/C29H21ClN2O4/c1-3-14-31-22-7-5-4-6-21(22)29(28(31)35)24-25(33)20-15-19(30)12-13-23(20)36-26(24)27(34)32(29)16-18-10-8-17(2)9-11-18/h3-13,15H,1,14,16H2,2H3. The highest BCUT2D eigenvalue weighted by Gasteiger charge is 2.64. The first kappa shape index (κ1) is 22.3. The molecule has 2 aliphatic heterocycles. The number of carbonyl (C=O) groups is 2. The second kappa shape index (κ2) is 7.93. The lowest BCUT2D eigenvalue weighted by Gasteiger charge is -2.34. The molecule has 2 amide bonds. The smallest absolute Gasteiger partial charge is 0.291 e. The van der Waals surface area contributed by atoms with Crippen LogP contribution in [0.3, 0.4) is 0 Å². The van der Waals surface area contributed by atoms with Crippen molar-refractivity contribution in [3.8, 4) is 0 Å². The number of nitrogens with zero attached hydrogens (tertiary/aromatic N) is 2. The van der Waals surface area contributed by atoms with Crippen molar-refractivity contribution in [2.24, 2.45) is 0 Å². The van der Waals surface area contributed by atoms with E-state index < -0.39 is 22.8 Å². The number of para-hydroxylation sites is 1. The Kier molecular flexibility index (Phi) is 4.92. The molecule has 1 atom stereocenters. The van der Waals surface area contributed by atoms with Gasteiger partial charge in [-0.3, -0.25) is 14.4 Å². The summed E-state index contributed by atoms with van der Waals surface area (Å²) in [7, 11) is 0. The van der Waals surface area contributed by atoms with Gasteiger partial charge < -0.3 is 14.2 Å². The number of rotatable bonds is 4. The predicted molar refractivity (Wildman–Crippen MR) is 138 cm³/mol. The molecule has 36 heavy (non-hydrogen) atoms. The maximum atomic E-state index is 14.4. The summed E-state index contributed by atoms with van der Waals surface area (Å²) < 4.78 is 6.04. The summed E-state index contributed by atoms with van der Waals surface area (Å²) in [5.41, 5.74) is 1.24. The topological polar surface area (TPSA) is 70.8 Å². The first-order valence-electron chi connectivity index (χ1n) is 11.5. The summed E-state index contributed by atoms with van der Waals surface area (Å²) >= 11 is 6.20. The van der Waals surface area contributed by atoms with Crippen LogP contribution in [0.25, 0.3) is 11.0 Å². The van der Waals surface area contributed by atoms with Crippen molar-refractivity contribution in [1.29, 1.82) is 0 Å². The monoisotopic (exact) mass is 496 g/mol. The number of aryl methyl sites for hydroxylation is 1. The first-order valence-corrected chi connectivity index (χ1v) is 11.9. The lowest BCUT2D eigenvalue weighted by molar-refractivity contribution is -0.126. The van der Waals surface area contributed by atoms with Gasteiger partial charge in [0.2, 0.25) is 5.76 Å². The minimum absolute atomic E-state index is 0.0263. The van der Waals surface area contributed by atoms with E-state index in [1.54, 1.807) is 35.2 Å². The summed E-state index contributed by atoms with van der Waals surface area (Å²) in [6, 6.07) is 19.6. The van der Waals surface area contributed by atoms with Crippen LogP contribution < -0.4 is 10.3 Å². The number of benzene rings is 3. The first-order chi connectivity index (χ1) is 17.4. The Labute approximate surface area is 212 Å². The van der Waals surface area contributed by atoms with Gasteiger partial charge in [0.1, 0.15) is 5.58 Å². The number of amides is 2. The SMILES string of the molecule is C=CCN1C(=O)C2(c3ccccc31)c1c(oc3ccc(Cl)cc3c1=O)C(=O)N2Cc1ccc(C)cc1. The van der Waals surface area contributed by atoms with Gasteiger partial charge in [-0.1, -0.05) is 65.7 Å². The molecular weight excluding hydrogens is 476 g/mol. The molecule has 1 spiro atoms. The molecule has 3 aromatic carbocycles. The third-order valence-corrected chi connectivity index (χ3v) is 7.21. The maximum Gasteiger partial charge on any atom is 0.291 e. The van der Waals surface area contributed by atoms with Gasteiger partial charge in [-0.05, 0) is 36.8 Å². The Morgan fingerprint density at radius 3 is 2.53 bits per heavy atom. The zero-order valence-electron chi connectivity index (χ0n) is 19.5. The molecule has 2 aliphatic rings. The summed E-state index contributed by atoms with van der Waals surface area (Å²) in [5.74, 6) is -1.02. The Balaban J connectivity index is 1.70. The number of anilines is 1. The van der Waals surface area contributed by atoms with Gasteiger partial charge in [0.15, 0.2) is 11.0 Å². The van der Waals surface area contributed by atoms with Crippen LogP contribution in [0.15, 0.2) is 88.6 Å². The second-order valence-electron chi connectivity index (χ2n) is 9.08. The van der Waals surface area contributed by atoms with Crippen molar-refractivity contribution in [3.05, 3.63) is 123 Å². The molecule has 0 N–H and O–H groups in total. The van der Waals surface area contributed by atoms with Crippen molar-refractivity contribution < 1.29 is 14.0 Å². The molecule has 7 heteroatoms. The largest absolute Gasteiger partial charge is 0.450 e. The van der Waals surface area contributed by atoms with Gasteiger partial charge in [-0.2, -0.15) is 0 Å². The molecule has 6 nitrogen and oxygen atoms in total. The Hall–Kier alpha value is -4.16. The summed E-state index contributed by atoms with van der Waals surface area (Å²) in [6.07, 6.45) is 1.62. The number of fused-ring (bicyclic) bond motifs is 5. The maximum absolute atomic E-state index is 14.4. The fourth-order valence-electron chi connectivity index (χ4n) is 5.37. The van der Waals surface area contributed by atoms with Gasteiger partial charge >= 0.3 is 0 Å². The molecule has 0 aliphatic carbocycles. The summed E-state index contributed by atoms with van der Waals surface area (Å²) in [4.78, 5) is 45.4. The number of halogens is 1. The van der Waals surface area contributed by atoms with E-state index in [0.29, 0.717) is 16.3 Å². The van der Waals surface area contributed by atoms with E-state index >= 15 is 0 Å². The van der Waals surface area contributed by atoms with E-state index in [9.17, 15) is 14.4 Å². The fourth-order valence-corrected chi connectivity index (χ4v) is 5.54. The Morgan fingerprint density at radius 1 is 1.03 bits per heavy atom. The molecule has 0 saturated carbocycles. The van der Waals surface area contributed by atoms with Crippen molar-refractivity contribution in [1.82, 2.24) is 4.90 Å². The van der Waals surface area contributed by atoms with Crippen LogP contribution in [-0.4, -0.2) is 23.3 Å². The molecule has 178 valence electrons. The van der Waals surface area contributed by atoms with Crippen molar-refractivity contribution in [2.75, 3.05) is 11.4 Å². The van der Waals surface area contributed by atoms with Gasteiger partial charge in [0, 0.05) is 23.7 Å². The van der Waals surface area contributed by atoms with Crippen LogP contribution in [-0.2, 0) is 16.9 Å². The molecular formula is C29H21ClN2O4. The summed E-state index contributed by atoms with van der Waals surface area (Å²) in [6.45, 7) is 6.12. The van der Waals surface area contributed by atoms with Crippen LogP contribution in [0, 0.1) is 6.92 Å². The molecule has 6 rings (SSSR count). The van der Waals surface area contributed by atoms with Crippen LogP contribution in [0.5, 0.6) is 0 Å². The van der Waals surface area contributed by atoms with E-state index in [1.807, 2.05) is 43.3 Å². The lowest BCUT2D eigenvalue weighted by atomic mass is 9.83. The van der Waals surface area contributed by atoms with Crippen LogP contribution in [0.2, 0.25) is 5.02 Å². The van der Waals surface area contributed by atoms with Gasteiger partial charge in [0.05, 0.1) is 16.6 Å². The molecule has 0 bridgehead atoms. The number of hydrogen-bond donors (Lipinski definition) is 0. The zero-order chi connectivity index (χ0) is 25.2. The number of carbonyl (C=O) groups excluding carboxylic acids is 2. The highest BCUT2D eigenvalue weighted by Crippen LogP contribution is 2.53. The minimum Gasteiger partial charge on any atom is -0.450 e. The average molecular weight is 497 g/mol. The lowest BCUT2D eigenvalue weighted by Crippen LogP contribution is -2.53. The Bertz CT molecular complexity index is 1660. The average Bonchev–Trinajstić information content (AvgIpc) is 3.26. The molecule has 1 unspecified atom stereocenters. The van der Waals surface area contributed by atoms with Gasteiger partial charge in [-0.25, -0.2) is 0 Å². The van der Waals surface area contributed by atoms with Crippen LogP contribution in [0.4, 0.5) is 5.69 Å². The predicted octanol–water partition coefficient (Wildman–Crippen LogP) is 5.19. The molecule has 3 heterocycles. The summed E-state index contributed by atoms with van der Waals surface area (Å²) in [5, 5.41) is 0.578. The normalized spacial score (nSPS) is 18.3. The molecule has 0 fully saturated rings. The molecule has 0 saturated heterocycles. The van der Waals surface area contributed by atoms with E-state index in [2.05, 4.69) is 6.58 Å². The van der Waals surface area contributed by atoms with Gasteiger partial charge in [-0.15, -0.1) is 6.58 Å². The number of hydrogen-bond acceptors (Lipinski definition) is 4. The highest BCUT2D eigenvalue weighted by molar-refractivity contribution is 6.31. The quantitative estimate of drug-likeness (QED) is 0.365. The molecule has 1 aromatic heterocycles.